The number of aliphatic hydroxyl groups is 1. The fourth-order valence-corrected chi connectivity index (χ4v) is 2.03. The molecule has 0 fully saturated rings. The molecule has 2 unspecified atom stereocenters. The molecule has 0 aromatic heterocycles. The van der Waals surface area contributed by atoms with E-state index in [2.05, 4.69) is 4.74 Å². The number of esters is 1. The second-order valence-corrected chi connectivity index (χ2v) is 5.15. The van der Waals surface area contributed by atoms with Gasteiger partial charge in [0, 0.05) is 18.1 Å². The van der Waals surface area contributed by atoms with E-state index < -0.39 is 6.10 Å². The zero-order chi connectivity index (χ0) is 14.4. The maximum atomic E-state index is 11.3. The van der Waals surface area contributed by atoms with E-state index in [1.807, 2.05) is 11.9 Å². The Morgan fingerprint density at radius 3 is 2.47 bits per heavy atom. The SMILES string of the molecule is COC(=O)C(C)CN(C)CC(O)c1ccc(Cl)cc1. The maximum absolute atomic E-state index is 11.3. The summed E-state index contributed by atoms with van der Waals surface area (Å²) in [5, 5.41) is 10.7. The van der Waals surface area contributed by atoms with Gasteiger partial charge in [0.25, 0.3) is 0 Å². The number of hydrogen-bond donors (Lipinski definition) is 1. The Balaban J connectivity index is 2.49. The molecule has 1 aromatic carbocycles. The minimum Gasteiger partial charge on any atom is -0.469 e. The van der Waals surface area contributed by atoms with Crippen LogP contribution in [0.2, 0.25) is 5.02 Å². The van der Waals surface area contributed by atoms with E-state index in [1.54, 1.807) is 31.2 Å². The standard InChI is InChI=1S/C14H20ClNO3/c1-10(14(18)19-3)8-16(2)9-13(17)11-4-6-12(15)7-5-11/h4-7,10,13,17H,8-9H2,1-3H3. The summed E-state index contributed by atoms with van der Waals surface area (Å²) in [6, 6.07) is 7.09. The molecule has 1 aromatic rings. The van der Waals surface area contributed by atoms with Gasteiger partial charge in [-0.2, -0.15) is 0 Å². The monoisotopic (exact) mass is 285 g/mol. The number of rotatable bonds is 6. The van der Waals surface area contributed by atoms with Crippen LogP contribution < -0.4 is 0 Å². The first-order valence-corrected chi connectivity index (χ1v) is 6.51. The van der Waals surface area contributed by atoms with Crippen molar-refractivity contribution in [3.8, 4) is 0 Å². The van der Waals surface area contributed by atoms with E-state index in [-0.39, 0.29) is 11.9 Å². The predicted octanol–water partition coefficient (Wildman–Crippen LogP) is 2.11. The summed E-state index contributed by atoms with van der Waals surface area (Å²) in [5.41, 5.74) is 0.807. The van der Waals surface area contributed by atoms with E-state index >= 15 is 0 Å². The fraction of sp³-hybridized carbons (Fsp3) is 0.500. The van der Waals surface area contributed by atoms with Crippen LogP contribution in [0.5, 0.6) is 0 Å². The summed E-state index contributed by atoms with van der Waals surface area (Å²) in [5.74, 6) is -0.458. The van der Waals surface area contributed by atoms with Crippen molar-refractivity contribution in [3.63, 3.8) is 0 Å². The topological polar surface area (TPSA) is 49.8 Å². The molecule has 106 valence electrons. The van der Waals surface area contributed by atoms with E-state index in [9.17, 15) is 9.90 Å². The molecular weight excluding hydrogens is 266 g/mol. The Bertz CT molecular complexity index is 408. The van der Waals surface area contributed by atoms with Crippen LogP contribution in [0.15, 0.2) is 24.3 Å². The summed E-state index contributed by atoms with van der Waals surface area (Å²) in [6.07, 6.45) is -0.605. The minimum atomic E-state index is -0.605. The van der Waals surface area contributed by atoms with E-state index in [0.717, 1.165) is 5.56 Å². The molecule has 0 aliphatic rings. The Kier molecular flexibility index (Phi) is 6.28. The molecule has 4 nitrogen and oxygen atoms in total. The molecule has 0 aliphatic heterocycles. The van der Waals surface area contributed by atoms with Crippen LogP contribution in [-0.2, 0) is 9.53 Å². The van der Waals surface area contributed by atoms with Gasteiger partial charge in [-0.3, -0.25) is 4.79 Å². The molecule has 0 amide bonds. The number of carbonyl (C=O) groups is 1. The minimum absolute atomic E-state index is 0.215. The van der Waals surface area contributed by atoms with Gasteiger partial charge in [-0.15, -0.1) is 0 Å². The summed E-state index contributed by atoms with van der Waals surface area (Å²) in [6.45, 7) is 2.79. The number of methoxy groups -OCH3 is 1. The van der Waals surface area contributed by atoms with Crippen LogP contribution in [0, 0.1) is 5.92 Å². The summed E-state index contributed by atoms with van der Waals surface area (Å²) < 4.78 is 4.67. The smallest absolute Gasteiger partial charge is 0.309 e. The molecule has 0 aliphatic carbocycles. The second-order valence-electron chi connectivity index (χ2n) is 4.71. The lowest BCUT2D eigenvalue weighted by molar-refractivity contribution is -0.145. The molecule has 19 heavy (non-hydrogen) atoms. The number of aliphatic hydroxyl groups excluding tert-OH is 1. The van der Waals surface area contributed by atoms with Gasteiger partial charge in [0.1, 0.15) is 0 Å². The number of carbonyl (C=O) groups excluding carboxylic acids is 1. The lowest BCUT2D eigenvalue weighted by atomic mass is 10.1. The van der Waals surface area contributed by atoms with E-state index in [0.29, 0.717) is 18.1 Å². The number of benzene rings is 1. The van der Waals surface area contributed by atoms with Crippen molar-refractivity contribution >= 4 is 17.6 Å². The number of hydrogen-bond acceptors (Lipinski definition) is 4. The average molecular weight is 286 g/mol. The van der Waals surface area contributed by atoms with Crippen molar-refractivity contribution in [2.75, 3.05) is 27.2 Å². The van der Waals surface area contributed by atoms with Gasteiger partial charge in [-0.25, -0.2) is 0 Å². The predicted molar refractivity (Wildman–Crippen MR) is 75.1 cm³/mol. The molecule has 0 radical (unpaired) electrons. The quantitative estimate of drug-likeness (QED) is 0.814. The summed E-state index contributed by atoms with van der Waals surface area (Å²) >= 11 is 5.80. The number of nitrogens with zero attached hydrogens (tertiary/aromatic N) is 1. The van der Waals surface area contributed by atoms with Crippen molar-refractivity contribution in [1.29, 1.82) is 0 Å². The van der Waals surface area contributed by atoms with Gasteiger partial charge in [0.15, 0.2) is 0 Å². The first-order chi connectivity index (χ1) is 8.93. The Morgan fingerprint density at radius 1 is 1.37 bits per heavy atom. The molecule has 0 heterocycles. The molecule has 1 N–H and O–H groups in total. The number of halogens is 1. The van der Waals surface area contributed by atoms with E-state index in [4.69, 9.17) is 11.6 Å². The van der Waals surface area contributed by atoms with Gasteiger partial charge in [0.2, 0.25) is 0 Å². The molecule has 0 spiro atoms. The molecule has 0 saturated carbocycles. The van der Waals surface area contributed by atoms with Crippen LogP contribution in [0.1, 0.15) is 18.6 Å². The summed E-state index contributed by atoms with van der Waals surface area (Å²) in [4.78, 5) is 13.2. The highest BCUT2D eigenvalue weighted by Gasteiger charge is 2.17. The van der Waals surface area contributed by atoms with Gasteiger partial charge >= 0.3 is 5.97 Å². The highest BCUT2D eigenvalue weighted by atomic mass is 35.5. The van der Waals surface area contributed by atoms with Gasteiger partial charge in [0.05, 0.1) is 19.1 Å². The first kappa shape index (κ1) is 16.0. The van der Waals surface area contributed by atoms with Gasteiger partial charge < -0.3 is 14.7 Å². The van der Waals surface area contributed by atoms with Crippen molar-refractivity contribution in [2.24, 2.45) is 5.92 Å². The third kappa shape index (κ3) is 5.19. The highest BCUT2D eigenvalue weighted by molar-refractivity contribution is 6.30. The lowest BCUT2D eigenvalue weighted by Gasteiger charge is -2.23. The fourth-order valence-electron chi connectivity index (χ4n) is 1.90. The molecule has 5 heteroatoms. The van der Waals surface area contributed by atoms with Crippen molar-refractivity contribution in [1.82, 2.24) is 4.90 Å². The highest BCUT2D eigenvalue weighted by Crippen LogP contribution is 2.17. The van der Waals surface area contributed by atoms with Gasteiger partial charge in [-0.05, 0) is 24.7 Å². The van der Waals surface area contributed by atoms with Crippen LogP contribution in [0.3, 0.4) is 0 Å². The molecule has 0 saturated heterocycles. The third-order valence-corrected chi connectivity index (χ3v) is 3.18. The van der Waals surface area contributed by atoms with Gasteiger partial charge in [-0.1, -0.05) is 30.7 Å². The molecule has 0 bridgehead atoms. The van der Waals surface area contributed by atoms with Crippen molar-refractivity contribution in [2.45, 2.75) is 13.0 Å². The molecule has 2 atom stereocenters. The lowest BCUT2D eigenvalue weighted by Crippen LogP contribution is -2.32. The van der Waals surface area contributed by atoms with Crippen LogP contribution in [0.25, 0.3) is 0 Å². The first-order valence-electron chi connectivity index (χ1n) is 6.14. The molecular formula is C14H20ClNO3. The zero-order valence-corrected chi connectivity index (χ0v) is 12.2. The van der Waals surface area contributed by atoms with Crippen LogP contribution >= 0.6 is 11.6 Å². The Labute approximate surface area is 118 Å². The second kappa shape index (κ2) is 7.48. The number of likely N-dealkylation sites (N-methyl/N-ethyl adjacent to an activating group) is 1. The van der Waals surface area contributed by atoms with Crippen molar-refractivity contribution in [3.05, 3.63) is 34.9 Å². The van der Waals surface area contributed by atoms with E-state index in [1.165, 1.54) is 7.11 Å². The zero-order valence-electron chi connectivity index (χ0n) is 11.5. The normalized spacial score (nSPS) is 14.2. The Hall–Kier alpha value is -1.10. The maximum Gasteiger partial charge on any atom is 0.309 e. The van der Waals surface area contributed by atoms with Crippen LogP contribution in [-0.4, -0.2) is 43.2 Å². The Morgan fingerprint density at radius 2 is 1.95 bits per heavy atom. The van der Waals surface area contributed by atoms with Crippen molar-refractivity contribution < 1.29 is 14.6 Å². The average Bonchev–Trinajstić information content (AvgIpc) is 2.38. The van der Waals surface area contributed by atoms with Crippen LogP contribution in [0.4, 0.5) is 0 Å². The molecule has 1 rings (SSSR count). The summed E-state index contributed by atoms with van der Waals surface area (Å²) in [7, 11) is 3.24. The third-order valence-electron chi connectivity index (χ3n) is 2.93. The number of ether oxygens (including phenoxy) is 1. The largest absolute Gasteiger partial charge is 0.469 e.